The Balaban J connectivity index is 1.91. The van der Waals surface area contributed by atoms with Gasteiger partial charge in [-0.25, -0.2) is 4.98 Å². The van der Waals surface area contributed by atoms with Crippen LogP contribution in [-0.2, 0) is 0 Å². The lowest BCUT2D eigenvalue weighted by Gasteiger charge is -2.07. The van der Waals surface area contributed by atoms with E-state index < -0.39 is 0 Å². The second-order valence-corrected chi connectivity index (χ2v) is 5.85. The Morgan fingerprint density at radius 1 is 1.33 bits per heavy atom. The van der Waals surface area contributed by atoms with Crippen LogP contribution >= 0.6 is 11.8 Å². The molecule has 0 aliphatic rings. The molecule has 0 saturated heterocycles. The normalized spacial score (nSPS) is 10.4. The molecule has 0 atom stereocenters. The number of aryl methyl sites for hydroxylation is 1. The summed E-state index contributed by atoms with van der Waals surface area (Å²) in [7, 11) is 1.57. The highest BCUT2D eigenvalue weighted by Crippen LogP contribution is 2.23. The van der Waals surface area contributed by atoms with Crippen LogP contribution in [0.5, 0.6) is 5.75 Å². The number of anilines is 1. The standard InChI is InChI=1S/C17H14N4O2S/c1-11-15(21-9-3-4-14(23-2)16(21)19-11)17(22)20-12-5-7-13(8-6-12)24-10-18/h3-9H,1-2H3,(H,20,22). The zero-order valence-corrected chi connectivity index (χ0v) is 13.9. The van der Waals surface area contributed by atoms with Gasteiger partial charge in [0, 0.05) is 16.8 Å². The summed E-state index contributed by atoms with van der Waals surface area (Å²) >= 11 is 1.07. The van der Waals surface area contributed by atoms with Crippen molar-refractivity contribution in [2.24, 2.45) is 0 Å². The maximum Gasteiger partial charge on any atom is 0.274 e. The fourth-order valence-electron chi connectivity index (χ4n) is 2.44. The van der Waals surface area contributed by atoms with Crippen molar-refractivity contribution in [3.8, 4) is 11.2 Å². The number of hydrogen-bond donors (Lipinski definition) is 1. The highest BCUT2D eigenvalue weighted by molar-refractivity contribution is 8.03. The van der Waals surface area contributed by atoms with Gasteiger partial charge in [-0.2, -0.15) is 5.26 Å². The Morgan fingerprint density at radius 2 is 2.08 bits per heavy atom. The predicted octanol–water partition coefficient (Wildman–Crippen LogP) is 3.48. The maximum atomic E-state index is 12.6. The molecule has 120 valence electrons. The Hall–Kier alpha value is -2.98. The third-order valence-electron chi connectivity index (χ3n) is 3.50. The molecule has 24 heavy (non-hydrogen) atoms. The van der Waals surface area contributed by atoms with Crippen molar-refractivity contribution in [1.82, 2.24) is 9.38 Å². The summed E-state index contributed by atoms with van der Waals surface area (Å²) < 4.78 is 7.00. The van der Waals surface area contributed by atoms with E-state index in [0.717, 1.165) is 16.7 Å². The molecular formula is C17H14N4O2S. The van der Waals surface area contributed by atoms with Gasteiger partial charge in [0.2, 0.25) is 0 Å². The summed E-state index contributed by atoms with van der Waals surface area (Å²) in [6, 6.07) is 10.7. The maximum absolute atomic E-state index is 12.6. The number of methoxy groups -OCH3 is 1. The van der Waals surface area contributed by atoms with Crippen LogP contribution in [0.2, 0.25) is 0 Å². The number of benzene rings is 1. The van der Waals surface area contributed by atoms with Crippen LogP contribution in [0.25, 0.3) is 5.65 Å². The first-order chi connectivity index (χ1) is 11.6. The molecule has 0 radical (unpaired) electrons. The summed E-state index contributed by atoms with van der Waals surface area (Å²) in [4.78, 5) is 17.9. The number of nitrogens with zero attached hydrogens (tertiary/aromatic N) is 3. The number of nitrogens with one attached hydrogen (secondary N) is 1. The van der Waals surface area contributed by atoms with E-state index in [2.05, 4.69) is 10.3 Å². The highest BCUT2D eigenvalue weighted by Gasteiger charge is 2.18. The number of thioether (sulfide) groups is 1. The van der Waals surface area contributed by atoms with E-state index in [0.29, 0.717) is 28.5 Å². The summed E-state index contributed by atoms with van der Waals surface area (Å²) in [6.45, 7) is 1.79. The van der Waals surface area contributed by atoms with Gasteiger partial charge in [0.25, 0.3) is 5.91 Å². The molecule has 0 unspecified atom stereocenters. The minimum absolute atomic E-state index is 0.256. The lowest BCUT2D eigenvalue weighted by molar-refractivity contribution is 0.102. The number of rotatable bonds is 4. The van der Waals surface area contributed by atoms with Gasteiger partial charge in [-0.05, 0) is 55.1 Å². The van der Waals surface area contributed by atoms with E-state index in [-0.39, 0.29) is 5.91 Å². The van der Waals surface area contributed by atoms with Crippen molar-refractivity contribution in [2.45, 2.75) is 11.8 Å². The second-order valence-electron chi connectivity index (χ2n) is 4.99. The molecule has 0 aliphatic carbocycles. The van der Waals surface area contributed by atoms with Crippen molar-refractivity contribution in [1.29, 1.82) is 5.26 Å². The van der Waals surface area contributed by atoms with Crippen molar-refractivity contribution >= 4 is 29.0 Å². The van der Waals surface area contributed by atoms with Crippen LogP contribution in [0, 0.1) is 17.6 Å². The van der Waals surface area contributed by atoms with Crippen molar-refractivity contribution in [3.05, 3.63) is 54.0 Å². The number of hydrogen-bond acceptors (Lipinski definition) is 5. The van der Waals surface area contributed by atoms with Crippen LogP contribution in [-0.4, -0.2) is 22.4 Å². The number of thiocyanates is 1. The van der Waals surface area contributed by atoms with E-state index in [1.165, 1.54) is 0 Å². The smallest absolute Gasteiger partial charge is 0.274 e. The lowest BCUT2D eigenvalue weighted by atomic mass is 10.3. The number of carbonyl (C=O) groups excluding carboxylic acids is 1. The molecular weight excluding hydrogens is 324 g/mol. The van der Waals surface area contributed by atoms with Gasteiger partial charge in [-0.15, -0.1) is 0 Å². The number of aromatic nitrogens is 2. The molecule has 1 N–H and O–H groups in total. The van der Waals surface area contributed by atoms with Gasteiger partial charge >= 0.3 is 0 Å². The summed E-state index contributed by atoms with van der Waals surface area (Å²) in [6.07, 6.45) is 1.78. The number of amides is 1. The summed E-state index contributed by atoms with van der Waals surface area (Å²) in [5, 5.41) is 13.5. The topological polar surface area (TPSA) is 79.4 Å². The van der Waals surface area contributed by atoms with E-state index in [4.69, 9.17) is 10.00 Å². The highest BCUT2D eigenvalue weighted by atomic mass is 32.2. The molecule has 0 saturated carbocycles. The van der Waals surface area contributed by atoms with Gasteiger partial charge in [0.05, 0.1) is 12.8 Å². The van der Waals surface area contributed by atoms with Crippen LogP contribution < -0.4 is 10.1 Å². The monoisotopic (exact) mass is 338 g/mol. The fourth-order valence-corrected chi connectivity index (χ4v) is 2.82. The average Bonchev–Trinajstić information content (AvgIpc) is 2.92. The molecule has 6 nitrogen and oxygen atoms in total. The van der Waals surface area contributed by atoms with Gasteiger partial charge < -0.3 is 10.1 Å². The fraction of sp³-hybridized carbons (Fsp3) is 0.118. The number of pyridine rings is 1. The largest absolute Gasteiger partial charge is 0.493 e. The molecule has 0 fully saturated rings. The third kappa shape index (κ3) is 2.92. The predicted molar refractivity (Wildman–Crippen MR) is 92.3 cm³/mol. The van der Waals surface area contributed by atoms with E-state index >= 15 is 0 Å². The van der Waals surface area contributed by atoms with Gasteiger partial charge in [-0.3, -0.25) is 9.20 Å². The molecule has 0 aliphatic heterocycles. The first-order valence-electron chi connectivity index (χ1n) is 7.13. The van der Waals surface area contributed by atoms with Crippen molar-refractivity contribution in [3.63, 3.8) is 0 Å². The minimum atomic E-state index is -0.256. The molecule has 1 aromatic carbocycles. The number of ether oxygens (including phenoxy) is 1. The zero-order valence-electron chi connectivity index (χ0n) is 13.1. The summed E-state index contributed by atoms with van der Waals surface area (Å²) in [5.74, 6) is 0.353. The third-order valence-corrected chi connectivity index (χ3v) is 4.10. The number of imidazole rings is 1. The van der Waals surface area contributed by atoms with Crippen LogP contribution in [0.1, 0.15) is 16.2 Å². The lowest BCUT2D eigenvalue weighted by Crippen LogP contribution is -2.15. The molecule has 3 aromatic rings. The molecule has 3 rings (SSSR count). The van der Waals surface area contributed by atoms with E-state index in [1.807, 2.05) is 5.40 Å². The summed E-state index contributed by atoms with van der Waals surface area (Å²) in [5.41, 5.74) is 2.33. The first-order valence-corrected chi connectivity index (χ1v) is 7.94. The van der Waals surface area contributed by atoms with Gasteiger partial charge in [0.15, 0.2) is 11.4 Å². The first kappa shape index (κ1) is 15.9. The van der Waals surface area contributed by atoms with Crippen molar-refractivity contribution < 1.29 is 9.53 Å². The Bertz CT molecular complexity index is 942. The van der Waals surface area contributed by atoms with Gasteiger partial charge in [0.1, 0.15) is 11.1 Å². The van der Waals surface area contributed by atoms with Crippen LogP contribution in [0.15, 0.2) is 47.5 Å². The molecule has 0 spiro atoms. The molecule has 1 amide bonds. The number of carbonyl (C=O) groups is 1. The molecule has 2 heterocycles. The number of nitriles is 1. The molecule has 7 heteroatoms. The Labute approximate surface area is 143 Å². The SMILES string of the molecule is COc1cccn2c(C(=O)Nc3ccc(SC#N)cc3)c(C)nc12. The minimum Gasteiger partial charge on any atom is -0.493 e. The Kier molecular flexibility index (Phi) is 4.40. The van der Waals surface area contributed by atoms with Crippen molar-refractivity contribution in [2.75, 3.05) is 12.4 Å². The second kappa shape index (κ2) is 6.64. The molecule has 2 aromatic heterocycles. The van der Waals surface area contributed by atoms with Crippen LogP contribution in [0.4, 0.5) is 5.69 Å². The average molecular weight is 338 g/mol. The van der Waals surface area contributed by atoms with Crippen LogP contribution in [0.3, 0.4) is 0 Å². The number of fused-ring (bicyclic) bond motifs is 1. The zero-order chi connectivity index (χ0) is 17.1. The van der Waals surface area contributed by atoms with E-state index in [9.17, 15) is 4.79 Å². The van der Waals surface area contributed by atoms with E-state index in [1.54, 1.807) is 61.0 Å². The van der Waals surface area contributed by atoms with Gasteiger partial charge in [-0.1, -0.05) is 0 Å². The quantitative estimate of drug-likeness (QED) is 0.582. The Morgan fingerprint density at radius 3 is 2.75 bits per heavy atom. The molecule has 0 bridgehead atoms.